The number of carbonyl (C=O) groups is 1. The van der Waals surface area contributed by atoms with Crippen LogP contribution >= 0.6 is 11.8 Å². The van der Waals surface area contributed by atoms with Gasteiger partial charge in [0.05, 0.1) is 5.56 Å². The number of likely N-dealkylation sites (N-methyl/N-ethyl adjacent to an activating group) is 2. The standard InChI is InChI=1S/C11H14F3N3OS/c1-15-6-7-17(2)10(18)8-4-3-5-16-9(8)19-11(12,13)14/h3-5,15H,6-7H2,1-2H3. The summed E-state index contributed by atoms with van der Waals surface area (Å²) in [4.78, 5) is 17.0. The van der Waals surface area contributed by atoms with Crippen molar-refractivity contribution in [3.8, 4) is 0 Å². The number of alkyl halides is 3. The number of nitrogens with zero attached hydrogens (tertiary/aromatic N) is 2. The fourth-order valence-corrected chi connectivity index (χ4v) is 1.93. The normalized spacial score (nSPS) is 11.4. The summed E-state index contributed by atoms with van der Waals surface area (Å²) >= 11 is -0.377. The largest absolute Gasteiger partial charge is 0.447 e. The van der Waals surface area contributed by atoms with Gasteiger partial charge in [-0.15, -0.1) is 0 Å². The summed E-state index contributed by atoms with van der Waals surface area (Å²) in [5.74, 6) is -0.477. The first-order chi connectivity index (χ1) is 8.85. The average Bonchev–Trinajstić information content (AvgIpc) is 2.34. The van der Waals surface area contributed by atoms with Crippen molar-refractivity contribution in [2.45, 2.75) is 10.5 Å². The summed E-state index contributed by atoms with van der Waals surface area (Å²) < 4.78 is 37.1. The van der Waals surface area contributed by atoms with Crippen LogP contribution in [-0.4, -0.2) is 48.5 Å². The van der Waals surface area contributed by atoms with Gasteiger partial charge in [-0.2, -0.15) is 13.2 Å². The highest BCUT2D eigenvalue weighted by atomic mass is 32.2. The molecule has 106 valence electrons. The Bertz CT molecular complexity index is 439. The second kappa shape index (κ2) is 6.76. The first kappa shape index (κ1) is 15.8. The minimum absolute atomic E-state index is 0.0385. The van der Waals surface area contributed by atoms with E-state index in [-0.39, 0.29) is 22.4 Å². The zero-order valence-corrected chi connectivity index (χ0v) is 11.3. The van der Waals surface area contributed by atoms with Crippen molar-refractivity contribution < 1.29 is 18.0 Å². The van der Waals surface area contributed by atoms with Gasteiger partial charge in [-0.3, -0.25) is 4.79 Å². The molecule has 1 amide bonds. The summed E-state index contributed by atoms with van der Waals surface area (Å²) in [6.45, 7) is 0.963. The topological polar surface area (TPSA) is 45.2 Å². The number of hydrogen-bond donors (Lipinski definition) is 1. The summed E-state index contributed by atoms with van der Waals surface area (Å²) in [6.07, 6.45) is 1.23. The van der Waals surface area contributed by atoms with Crippen molar-refractivity contribution in [1.29, 1.82) is 0 Å². The van der Waals surface area contributed by atoms with Crippen LogP contribution in [0.5, 0.6) is 0 Å². The third kappa shape index (κ3) is 5.07. The third-order valence-electron chi connectivity index (χ3n) is 2.26. The lowest BCUT2D eigenvalue weighted by atomic mass is 10.2. The SMILES string of the molecule is CNCCN(C)C(=O)c1cccnc1SC(F)(F)F. The van der Waals surface area contributed by atoms with Crippen molar-refractivity contribution in [1.82, 2.24) is 15.2 Å². The molecule has 1 aromatic rings. The lowest BCUT2D eigenvalue weighted by Gasteiger charge is -2.18. The maximum atomic E-state index is 12.4. The first-order valence-corrected chi connectivity index (χ1v) is 6.27. The van der Waals surface area contributed by atoms with Gasteiger partial charge in [0, 0.05) is 38.1 Å². The number of aromatic nitrogens is 1. The van der Waals surface area contributed by atoms with Crippen LogP contribution in [0.1, 0.15) is 10.4 Å². The fourth-order valence-electron chi connectivity index (χ4n) is 1.33. The Morgan fingerprint density at radius 1 is 1.53 bits per heavy atom. The molecule has 0 atom stereocenters. The molecule has 1 aromatic heterocycles. The molecule has 0 spiro atoms. The molecule has 0 fully saturated rings. The summed E-state index contributed by atoms with van der Waals surface area (Å²) in [6, 6.07) is 2.79. The number of hydrogen-bond acceptors (Lipinski definition) is 4. The Balaban J connectivity index is 2.90. The molecular formula is C11H14F3N3OS. The molecule has 1 N–H and O–H groups in total. The lowest BCUT2D eigenvalue weighted by molar-refractivity contribution is -0.0329. The zero-order chi connectivity index (χ0) is 14.5. The van der Waals surface area contributed by atoms with E-state index in [0.29, 0.717) is 13.1 Å². The minimum Gasteiger partial charge on any atom is -0.340 e. The molecule has 0 radical (unpaired) electrons. The van der Waals surface area contributed by atoms with Crippen LogP contribution in [0.4, 0.5) is 13.2 Å². The van der Waals surface area contributed by atoms with Crippen LogP contribution in [-0.2, 0) is 0 Å². The zero-order valence-electron chi connectivity index (χ0n) is 10.5. The molecule has 0 aliphatic heterocycles. The van der Waals surface area contributed by atoms with Crippen LogP contribution in [0.3, 0.4) is 0 Å². The Labute approximate surface area is 113 Å². The van der Waals surface area contributed by atoms with E-state index >= 15 is 0 Å². The second-order valence-corrected chi connectivity index (χ2v) is 4.79. The minimum atomic E-state index is -4.47. The van der Waals surface area contributed by atoms with E-state index in [0.717, 1.165) is 0 Å². The molecule has 0 aliphatic rings. The molecular weight excluding hydrogens is 279 g/mol. The summed E-state index contributed by atoms with van der Waals surface area (Å²) in [5.41, 5.74) is -4.50. The number of rotatable bonds is 5. The Morgan fingerprint density at radius 2 is 2.21 bits per heavy atom. The molecule has 0 saturated carbocycles. The monoisotopic (exact) mass is 293 g/mol. The van der Waals surface area contributed by atoms with Gasteiger partial charge in [0.25, 0.3) is 5.91 Å². The summed E-state index contributed by atoms with van der Waals surface area (Å²) in [7, 11) is 3.27. The Morgan fingerprint density at radius 3 is 2.79 bits per heavy atom. The van der Waals surface area contributed by atoms with E-state index in [9.17, 15) is 18.0 Å². The number of halogens is 3. The molecule has 0 bridgehead atoms. The third-order valence-corrected chi connectivity index (χ3v) is 3.01. The van der Waals surface area contributed by atoms with Gasteiger partial charge in [-0.1, -0.05) is 0 Å². The maximum absolute atomic E-state index is 12.4. The van der Waals surface area contributed by atoms with E-state index in [1.807, 2.05) is 0 Å². The molecule has 0 aliphatic carbocycles. The molecule has 1 rings (SSSR count). The predicted molar refractivity (Wildman–Crippen MR) is 67.0 cm³/mol. The van der Waals surface area contributed by atoms with E-state index in [2.05, 4.69) is 10.3 Å². The van der Waals surface area contributed by atoms with E-state index in [1.165, 1.54) is 30.3 Å². The van der Waals surface area contributed by atoms with Gasteiger partial charge >= 0.3 is 5.51 Å². The van der Waals surface area contributed by atoms with Crippen molar-refractivity contribution in [2.24, 2.45) is 0 Å². The van der Waals surface area contributed by atoms with Gasteiger partial charge in [0.2, 0.25) is 0 Å². The Hall–Kier alpha value is -1.28. The summed E-state index contributed by atoms with van der Waals surface area (Å²) in [5, 5.41) is 2.54. The Kier molecular flexibility index (Phi) is 5.61. The van der Waals surface area contributed by atoms with Gasteiger partial charge in [-0.25, -0.2) is 4.98 Å². The van der Waals surface area contributed by atoms with Crippen molar-refractivity contribution in [2.75, 3.05) is 27.2 Å². The van der Waals surface area contributed by atoms with Gasteiger partial charge in [0.1, 0.15) is 5.03 Å². The number of carbonyl (C=O) groups excluding carboxylic acids is 1. The average molecular weight is 293 g/mol. The molecule has 0 aromatic carbocycles. The number of amides is 1. The van der Waals surface area contributed by atoms with Crippen molar-refractivity contribution in [3.05, 3.63) is 23.9 Å². The number of thioether (sulfide) groups is 1. The number of pyridine rings is 1. The van der Waals surface area contributed by atoms with E-state index in [4.69, 9.17) is 0 Å². The van der Waals surface area contributed by atoms with Gasteiger partial charge < -0.3 is 10.2 Å². The molecule has 4 nitrogen and oxygen atoms in total. The fraction of sp³-hybridized carbons (Fsp3) is 0.455. The van der Waals surface area contributed by atoms with Crippen LogP contribution < -0.4 is 5.32 Å². The van der Waals surface area contributed by atoms with Gasteiger partial charge in [0.15, 0.2) is 0 Å². The smallest absolute Gasteiger partial charge is 0.340 e. The molecule has 1 heterocycles. The highest BCUT2D eigenvalue weighted by Crippen LogP contribution is 2.37. The number of nitrogens with one attached hydrogen (secondary N) is 1. The van der Waals surface area contributed by atoms with Crippen LogP contribution in [0.2, 0.25) is 0 Å². The predicted octanol–water partition coefficient (Wildman–Crippen LogP) is 1.98. The van der Waals surface area contributed by atoms with Crippen LogP contribution in [0.15, 0.2) is 23.4 Å². The van der Waals surface area contributed by atoms with Crippen LogP contribution in [0, 0.1) is 0 Å². The highest BCUT2D eigenvalue weighted by molar-refractivity contribution is 8.00. The lowest BCUT2D eigenvalue weighted by Crippen LogP contribution is -2.33. The first-order valence-electron chi connectivity index (χ1n) is 5.46. The highest BCUT2D eigenvalue weighted by Gasteiger charge is 2.32. The van der Waals surface area contributed by atoms with Crippen molar-refractivity contribution >= 4 is 17.7 Å². The van der Waals surface area contributed by atoms with Crippen molar-refractivity contribution in [3.63, 3.8) is 0 Å². The van der Waals surface area contributed by atoms with E-state index in [1.54, 1.807) is 7.05 Å². The molecule has 19 heavy (non-hydrogen) atoms. The molecule has 8 heteroatoms. The van der Waals surface area contributed by atoms with Crippen LogP contribution in [0.25, 0.3) is 0 Å². The molecule has 0 unspecified atom stereocenters. The quantitative estimate of drug-likeness (QED) is 0.843. The maximum Gasteiger partial charge on any atom is 0.447 e. The second-order valence-electron chi connectivity index (χ2n) is 3.73. The van der Waals surface area contributed by atoms with E-state index < -0.39 is 11.4 Å². The van der Waals surface area contributed by atoms with Gasteiger partial charge in [-0.05, 0) is 19.2 Å². The molecule has 0 saturated heterocycles.